The van der Waals surface area contributed by atoms with Crippen molar-refractivity contribution in [1.82, 2.24) is 15.6 Å². The number of guanidine groups is 1. The summed E-state index contributed by atoms with van der Waals surface area (Å²) in [5, 5.41) is 6.70. The highest BCUT2D eigenvalue weighted by atomic mass is 15.2. The Morgan fingerprint density at radius 2 is 1.87 bits per heavy atom. The van der Waals surface area contributed by atoms with Crippen LogP contribution in [-0.2, 0) is 6.54 Å². The monoisotopic (exact) mass is 310 g/mol. The highest BCUT2D eigenvalue weighted by Crippen LogP contribution is 2.14. The van der Waals surface area contributed by atoms with Gasteiger partial charge in [0.2, 0.25) is 0 Å². The molecule has 1 heterocycles. The third-order valence-electron chi connectivity index (χ3n) is 3.99. The summed E-state index contributed by atoms with van der Waals surface area (Å²) in [6.07, 6.45) is 1.82. The Bertz CT molecular complexity index is 647. The lowest BCUT2D eigenvalue weighted by molar-refractivity contribution is 0.696. The number of nitrogens with zero attached hydrogens (tertiary/aromatic N) is 2. The Kier molecular flexibility index (Phi) is 6.15. The molecular weight excluding hydrogens is 284 g/mol. The van der Waals surface area contributed by atoms with Gasteiger partial charge in [-0.15, -0.1) is 0 Å². The average Bonchev–Trinajstić information content (AvgIpc) is 2.57. The van der Waals surface area contributed by atoms with Crippen molar-refractivity contribution in [1.29, 1.82) is 0 Å². The molecule has 1 atom stereocenters. The maximum Gasteiger partial charge on any atom is 0.191 e. The molecule has 2 aromatic rings. The van der Waals surface area contributed by atoms with Gasteiger partial charge in [0.15, 0.2) is 5.96 Å². The number of aliphatic imine (C=N–C) groups is 1. The van der Waals surface area contributed by atoms with E-state index < -0.39 is 0 Å². The standard InChI is InChI=1S/C19H26N4/c1-14-7-9-17(10-8-14)16(3)12-22-19(20-4)23-13-18-15(2)6-5-11-21-18/h5-11,16H,12-13H2,1-4H3,(H2,20,22,23). The first kappa shape index (κ1) is 17.0. The number of hydrogen-bond acceptors (Lipinski definition) is 2. The SMILES string of the molecule is CN=C(NCc1ncccc1C)NCC(C)c1ccc(C)cc1. The molecule has 0 spiro atoms. The van der Waals surface area contributed by atoms with Crippen molar-refractivity contribution < 1.29 is 0 Å². The Morgan fingerprint density at radius 1 is 1.13 bits per heavy atom. The molecule has 0 amide bonds. The normalized spacial score (nSPS) is 12.8. The lowest BCUT2D eigenvalue weighted by Gasteiger charge is -2.17. The van der Waals surface area contributed by atoms with Crippen molar-refractivity contribution in [2.75, 3.05) is 13.6 Å². The summed E-state index contributed by atoms with van der Waals surface area (Å²) in [4.78, 5) is 8.67. The van der Waals surface area contributed by atoms with Crippen LogP contribution in [0.15, 0.2) is 47.6 Å². The highest BCUT2D eigenvalue weighted by Gasteiger charge is 2.07. The molecule has 4 nitrogen and oxygen atoms in total. The summed E-state index contributed by atoms with van der Waals surface area (Å²) in [6.45, 7) is 7.90. The molecule has 1 aromatic heterocycles. The van der Waals surface area contributed by atoms with Crippen LogP contribution in [0.1, 0.15) is 35.2 Å². The van der Waals surface area contributed by atoms with Gasteiger partial charge >= 0.3 is 0 Å². The van der Waals surface area contributed by atoms with Crippen LogP contribution in [0.25, 0.3) is 0 Å². The quantitative estimate of drug-likeness (QED) is 0.659. The van der Waals surface area contributed by atoms with Crippen LogP contribution in [-0.4, -0.2) is 24.5 Å². The van der Waals surface area contributed by atoms with Crippen molar-refractivity contribution in [3.05, 3.63) is 65.0 Å². The van der Waals surface area contributed by atoms with Gasteiger partial charge in [0, 0.05) is 19.8 Å². The zero-order chi connectivity index (χ0) is 16.7. The summed E-state index contributed by atoms with van der Waals surface area (Å²) in [7, 11) is 1.79. The fourth-order valence-electron chi connectivity index (χ4n) is 2.35. The van der Waals surface area contributed by atoms with Crippen LogP contribution in [0.3, 0.4) is 0 Å². The molecule has 122 valence electrons. The number of pyridine rings is 1. The van der Waals surface area contributed by atoms with Crippen LogP contribution in [0, 0.1) is 13.8 Å². The molecule has 2 rings (SSSR count). The van der Waals surface area contributed by atoms with Crippen molar-refractivity contribution in [2.45, 2.75) is 33.2 Å². The average molecular weight is 310 g/mol. The van der Waals surface area contributed by atoms with E-state index >= 15 is 0 Å². The second kappa shape index (κ2) is 8.32. The third kappa shape index (κ3) is 5.09. The van der Waals surface area contributed by atoms with E-state index in [1.165, 1.54) is 16.7 Å². The molecular formula is C19H26N4. The number of rotatable bonds is 5. The van der Waals surface area contributed by atoms with Crippen LogP contribution >= 0.6 is 0 Å². The minimum Gasteiger partial charge on any atom is -0.356 e. The first-order chi connectivity index (χ1) is 11.1. The molecule has 0 bridgehead atoms. The molecule has 0 saturated heterocycles. The fraction of sp³-hybridized carbons (Fsp3) is 0.368. The van der Waals surface area contributed by atoms with Gasteiger partial charge in [-0.2, -0.15) is 0 Å². The molecule has 0 aliphatic rings. The van der Waals surface area contributed by atoms with Gasteiger partial charge < -0.3 is 10.6 Å². The van der Waals surface area contributed by atoms with Crippen LogP contribution < -0.4 is 10.6 Å². The predicted octanol–water partition coefficient (Wildman–Crippen LogP) is 3.17. The number of benzene rings is 1. The summed E-state index contributed by atoms with van der Waals surface area (Å²) in [6, 6.07) is 12.7. The molecule has 0 aliphatic heterocycles. The molecule has 2 N–H and O–H groups in total. The number of aromatic nitrogens is 1. The minimum absolute atomic E-state index is 0.422. The Morgan fingerprint density at radius 3 is 2.52 bits per heavy atom. The van der Waals surface area contributed by atoms with Gasteiger partial charge in [-0.05, 0) is 37.0 Å². The van der Waals surface area contributed by atoms with Crippen molar-refractivity contribution in [2.24, 2.45) is 4.99 Å². The van der Waals surface area contributed by atoms with Gasteiger partial charge in [-0.25, -0.2) is 0 Å². The van der Waals surface area contributed by atoms with E-state index in [0.717, 1.165) is 18.2 Å². The molecule has 0 aliphatic carbocycles. The molecule has 0 saturated carbocycles. The molecule has 0 radical (unpaired) electrons. The fourth-order valence-corrected chi connectivity index (χ4v) is 2.35. The van der Waals surface area contributed by atoms with E-state index in [0.29, 0.717) is 12.5 Å². The first-order valence-electron chi connectivity index (χ1n) is 8.01. The largest absolute Gasteiger partial charge is 0.356 e. The first-order valence-corrected chi connectivity index (χ1v) is 8.01. The van der Waals surface area contributed by atoms with Crippen LogP contribution in [0.2, 0.25) is 0 Å². The summed E-state index contributed by atoms with van der Waals surface area (Å²) >= 11 is 0. The molecule has 23 heavy (non-hydrogen) atoms. The van der Waals surface area contributed by atoms with E-state index in [-0.39, 0.29) is 0 Å². The topological polar surface area (TPSA) is 49.3 Å². The Balaban J connectivity index is 1.85. The van der Waals surface area contributed by atoms with Gasteiger partial charge in [-0.3, -0.25) is 9.98 Å². The lowest BCUT2D eigenvalue weighted by atomic mass is 10.0. The molecule has 1 unspecified atom stereocenters. The maximum absolute atomic E-state index is 4.39. The minimum atomic E-state index is 0.422. The van der Waals surface area contributed by atoms with Gasteiger partial charge in [0.1, 0.15) is 0 Å². The van der Waals surface area contributed by atoms with E-state index in [4.69, 9.17) is 0 Å². The molecule has 1 aromatic carbocycles. The second-order valence-electron chi connectivity index (χ2n) is 5.89. The van der Waals surface area contributed by atoms with Crippen LogP contribution in [0.5, 0.6) is 0 Å². The molecule has 4 heteroatoms. The lowest BCUT2D eigenvalue weighted by Crippen LogP contribution is -2.38. The van der Waals surface area contributed by atoms with Gasteiger partial charge in [0.05, 0.1) is 12.2 Å². The summed E-state index contributed by atoms with van der Waals surface area (Å²) < 4.78 is 0. The van der Waals surface area contributed by atoms with Crippen LogP contribution in [0.4, 0.5) is 0 Å². The van der Waals surface area contributed by atoms with E-state index in [1.54, 1.807) is 7.05 Å². The summed E-state index contributed by atoms with van der Waals surface area (Å²) in [5.74, 6) is 1.22. The molecule has 0 fully saturated rings. The number of hydrogen-bond donors (Lipinski definition) is 2. The van der Waals surface area contributed by atoms with E-state index in [1.807, 2.05) is 12.3 Å². The maximum atomic E-state index is 4.39. The second-order valence-corrected chi connectivity index (χ2v) is 5.89. The Labute approximate surface area is 139 Å². The van der Waals surface area contributed by atoms with Gasteiger partial charge in [0.25, 0.3) is 0 Å². The van der Waals surface area contributed by atoms with Crippen molar-refractivity contribution in [3.63, 3.8) is 0 Å². The number of nitrogens with one attached hydrogen (secondary N) is 2. The number of aryl methyl sites for hydroxylation is 2. The van der Waals surface area contributed by atoms with E-state index in [2.05, 4.69) is 71.7 Å². The summed E-state index contributed by atoms with van der Waals surface area (Å²) in [5.41, 5.74) is 4.85. The smallest absolute Gasteiger partial charge is 0.191 e. The zero-order valence-electron chi connectivity index (χ0n) is 14.4. The van der Waals surface area contributed by atoms with Gasteiger partial charge in [-0.1, -0.05) is 42.8 Å². The predicted molar refractivity (Wildman–Crippen MR) is 96.8 cm³/mol. The van der Waals surface area contributed by atoms with Crippen molar-refractivity contribution >= 4 is 5.96 Å². The highest BCUT2D eigenvalue weighted by molar-refractivity contribution is 5.79. The Hall–Kier alpha value is -2.36. The van der Waals surface area contributed by atoms with E-state index in [9.17, 15) is 0 Å². The third-order valence-corrected chi connectivity index (χ3v) is 3.99. The van der Waals surface area contributed by atoms with Crippen molar-refractivity contribution in [3.8, 4) is 0 Å². The zero-order valence-corrected chi connectivity index (χ0v) is 14.4.